The molecule has 110 valence electrons. The summed E-state index contributed by atoms with van der Waals surface area (Å²) in [5.41, 5.74) is 1.31. The van der Waals surface area contributed by atoms with Crippen molar-refractivity contribution < 1.29 is 19.1 Å². The van der Waals surface area contributed by atoms with Crippen LogP contribution in [-0.2, 0) is 19.7 Å². The molecule has 0 radical (unpaired) electrons. The second-order valence-electron chi connectivity index (χ2n) is 5.68. The Morgan fingerprint density at radius 3 is 2.71 bits per heavy atom. The van der Waals surface area contributed by atoms with Gasteiger partial charge in [0.25, 0.3) is 5.78 Å². The topological polar surface area (TPSA) is 60.4 Å². The molecule has 1 atom stereocenters. The number of rotatable bonds is 3. The summed E-state index contributed by atoms with van der Waals surface area (Å²) in [7, 11) is 0. The molecule has 0 aliphatic heterocycles. The summed E-state index contributed by atoms with van der Waals surface area (Å²) in [5.74, 6) is -2.91. The maximum absolute atomic E-state index is 12.5. The second kappa shape index (κ2) is 4.95. The fourth-order valence-electron chi connectivity index (χ4n) is 3.14. The first-order chi connectivity index (χ1) is 9.98. The fourth-order valence-corrected chi connectivity index (χ4v) is 3.32. The third kappa shape index (κ3) is 2.27. The summed E-state index contributed by atoms with van der Waals surface area (Å²) in [5, 5.41) is 0.460. The van der Waals surface area contributed by atoms with E-state index in [0.29, 0.717) is 17.0 Å². The predicted octanol–water partition coefficient (Wildman–Crippen LogP) is 2.71. The van der Waals surface area contributed by atoms with Gasteiger partial charge in [-0.2, -0.15) is 0 Å². The lowest BCUT2D eigenvalue weighted by atomic mass is 9.72. The van der Waals surface area contributed by atoms with E-state index in [0.717, 1.165) is 18.4 Å². The first kappa shape index (κ1) is 14.3. The van der Waals surface area contributed by atoms with E-state index in [1.54, 1.807) is 19.1 Å². The Labute approximate surface area is 127 Å². The zero-order chi connectivity index (χ0) is 15.2. The van der Waals surface area contributed by atoms with Crippen LogP contribution in [0.4, 0.5) is 0 Å². The van der Waals surface area contributed by atoms with Crippen molar-refractivity contribution in [2.45, 2.75) is 31.6 Å². The van der Waals surface area contributed by atoms with Gasteiger partial charge in [-0.15, -0.1) is 0 Å². The van der Waals surface area contributed by atoms with E-state index in [-0.39, 0.29) is 17.8 Å². The quantitative estimate of drug-likeness (QED) is 0.489. The number of Topliss-reactive ketones (excluding diaryl/α,β-unsaturated/α-hetero) is 2. The number of ether oxygens (including phenoxy) is 1. The summed E-state index contributed by atoms with van der Waals surface area (Å²) in [6, 6.07) is 5.23. The number of fused-ring (bicyclic) bond motifs is 2. The smallest absolute Gasteiger partial charge is 0.375 e. The van der Waals surface area contributed by atoms with Crippen molar-refractivity contribution in [1.82, 2.24) is 0 Å². The van der Waals surface area contributed by atoms with Crippen LogP contribution >= 0.6 is 11.6 Å². The average Bonchev–Trinajstić information content (AvgIpc) is 3.23. The van der Waals surface area contributed by atoms with Crippen LogP contribution in [0.5, 0.6) is 0 Å². The van der Waals surface area contributed by atoms with Gasteiger partial charge in [0, 0.05) is 10.6 Å². The van der Waals surface area contributed by atoms with Crippen LogP contribution in [0.15, 0.2) is 18.2 Å². The Hall–Kier alpha value is -1.68. The number of carbonyl (C=O) groups excluding carboxylic acids is 3. The van der Waals surface area contributed by atoms with Crippen molar-refractivity contribution in [2.75, 3.05) is 6.61 Å². The van der Waals surface area contributed by atoms with Crippen molar-refractivity contribution in [3.63, 3.8) is 0 Å². The van der Waals surface area contributed by atoms with Gasteiger partial charge in [0.05, 0.1) is 12.5 Å². The molecule has 0 N–H and O–H groups in total. The number of halogens is 1. The van der Waals surface area contributed by atoms with E-state index in [1.807, 2.05) is 6.07 Å². The highest BCUT2D eigenvalue weighted by atomic mass is 35.5. The number of benzene rings is 1. The predicted molar refractivity (Wildman–Crippen MR) is 76.4 cm³/mol. The Kier molecular flexibility index (Phi) is 3.36. The molecule has 1 spiro atoms. The Bertz CT molecular complexity index is 646. The molecule has 5 heteroatoms. The highest BCUT2D eigenvalue weighted by Gasteiger charge is 2.54. The molecule has 1 unspecified atom stereocenters. The number of ketones is 2. The van der Waals surface area contributed by atoms with Crippen LogP contribution in [0, 0.1) is 5.92 Å². The van der Waals surface area contributed by atoms with Gasteiger partial charge in [-0.3, -0.25) is 9.59 Å². The summed E-state index contributed by atoms with van der Waals surface area (Å²) in [4.78, 5) is 36.4. The highest BCUT2D eigenvalue weighted by molar-refractivity contribution is 6.40. The molecule has 3 rings (SSSR count). The fraction of sp³-hybridized carbons (Fsp3) is 0.438. The maximum Gasteiger partial charge on any atom is 0.375 e. The monoisotopic (exact) mass is 306 g/mol. The van der Waals surface area contributed by atoms with E-state index in [4.69, 9.17) is 16.3 Å². The van der Waals surface area contributed by atoms with Gasteiger partial charge in [0.15, 0.2) is 5.78 Å². The van der Waals surface area contributed by atoms with E-state index >= 15 is 0 Å². The lowest BCUT2D eigenvalue weighted by Crippen LogP contribution is -2.38. The van der Waals surface area contributed by atoms with E-state index in [1.165, 1.54) is 0 Å². The summed E-state index contributed by atoms with van der Waals surface area (Å²) in [6.07, 6.45) is 2.27. The van der Waals surface area contributed by atoms with Crippen molar-refractivity contribution in [2.24, 2.45) is 5.92 Å². The summed E-state index contributed by atoms with van der Waals surface area (Å²) >= 11 is 5.97. The molecule has 1 saturated carbocycles. The van der Waals surface area contributed by atoms with Gasteiger partial charge in [-0.25, -0.2) is 4.79 Å². The second-order valence-corrected chi connectivity index (χ2v) is 6.11. The molecule has 1 fully saturated rings. The van der Waals surface area contributed by atoms with Crippen molar-refractivity contribution in [1.29, 1.82) is 0 Å². The molecular weight excluding hydrogens is 292 g/mol. The molecule has 0 aromatic heterocycles. The Morgan fingerprint density at radius 2 is 2.10 bits per heavy atom. The molecule has 0 bridgehead atoms. The van der Waals surface area contributed by atoms with Crippen molar-refractivity contribution in [3.05, 3.63) is 34.3 Å². The number of hydrogen-bond donors (Lipinski definition) is 0. The molecular formula is C16H15ClO4. The SMILES string of the molecule is CCOC(=O)C(=O)C1CC2(CC2)c2ccc(Cl)cc2C1=O. The lowest BCUT2D eigenvalue weighted by molar-refractivity contribution is -0.154. The summed E-state index contributed by atoms with van der Waals surface area (Å²) < 4.78 is 4.74. The van der Waals surface area contributed by atoms with Crippen LogP contribution in [0.2, 0.25) is 5.02 Å². The van der Waals surface area contributed by atoms with Gasteiger partial charge < -0.3 is 4.74 Å². The Morgan fingerprint density at radius 1 is 1.38 bits per heavy atom. The first-order valence-corrected chi connectivity index (χ1v) is 7.41. The van der Waals surface area contributed by atoms with Gasteiger partial charge >= 0.3 is 5.97 Å². The first-order valence-electron chi connectivity index (χ1n) is 7.04. The molecule has 0 heterocycles. The van der Waals surface area contributed by atoms with Crippen LogP contribution in [0.3, 0.4) is 0 Å². The molecule has 1 aromatic carbocycles. The lowest BCUT2D eigenvalue weighted by Gasteiger charge is -2.29. The minimum Gasteiger partial charge on any atom is -0.460 e. The largest absolute Gasteiger partial charge is 0.460 e. The van der Waals surface area contributed by atoms with E-state index < -0.39 is 17.7 Å². The molecule has 4 nitrogen and oxygen atoms in total. The number of hydrogen-bond acceptors (Lipinski definition) is 4. The van der Waals surface area contributed by atoms with Gasteiger partial charge in [0.1, 0.15) is 0 Å². The van der Waals surface area contributed by atoms with Crippen molar-refractivity contribution in [3.8, 4) is 0 Å². The summed E-state index contributed by atoms with van der Waals surface area (Å²) in [6.45, 7) is 1.75. The highest BCUT2D eigenvalue weighted by Crippen LogP contribution is 2.57. The minimum atomic E-state index is -0.933. The zero-order valence-electron chi connectivity index (χ0n) is 11.6. The van der Waals surface area contributed by atoms with Crippen LogP contribution in [0.25, 0.3) is 0 Å². The normalized spacial score (nSPS) is 21.8. The molecule has 2 aliphatic rings. The number of carbonyl (C=O) groups is 3. The van der Waals surface area contributed by atoms with E-state index in [9.17, 15) is 14.4 Å². The maximum atomic E-state index is 12.5. The molecule has 1 aromatic rings. The van der Waals surface area contributed by atoms with Crippen LogP contribution in [0.1, 0.15) is 42.1 Å². The van der Waals surface area contributed by atoms with Gasteiger partial charge in [0.2, 0.25) is 0 Å². The number of esters is 1. The molecule has 0 saturated heterocycles. The standard InChI is InChI=1S/C16H15ClO4/c1-2-21-15(20)14(19)11-8-16(5-6-16)12-4-3-9(17)7-10(12)13(11)18/h3-4,7,11H,2,5-6,8H2,1H3. The van der Waals surface area contributed by atoms with Crippen LogP contribution in [-0.4, -0.2) is 24.1 Å². The minimum absolute atomic E-state index is 0.124. The molecule has 2 aliphatic carbocycles. The molecule has 0 amide bonds. The van der Waals surface area contributed by atoms with Crippen molar-refractivity contribution >= 4 is 29.1 Å². The molecule has 21 heavy (non-hydrogen) atoms. The third-order valence-electron chi connectivity index (χ3n) is 4.38. The van der Waals surface area contributed by atoms with Crippen LogP contribution < -0.4 is 0 Å². The van der Waals surface area contributed by atoms with E-state index in [2.05, 4.69) is 0 Å². The third-order valence-corrected chi connectivity index (χ3v) is 4.61. The Balaban J connectivity index is 1.98. The average molecular weight is 307 g/mol. The zero-order valence-corrected chi connectivity index (χ0v) is 12.4. The van der Waals surface area contributed by atoms with Gasteiger partial charge in [-0.05, 0) is 49.3 Å². The van der Waals surface area contributed by atoms with Gasteiger partial charge in [-0.1, -0.05) is 17.7 Å².